The third-order valence-electron chi connectivity index (χ3n) is 3.60. The van der Waals surface area contributed by atoms with Crippen molar-refractivity contribution in [3.8, 4) is 5.69 Å². The lowest BCUT2D eigenvalue weighted by Gasteiger charge is -2.15. The molecule has 0 spiro atoms. The van der Waals surface area contributed by atoms with E-state index in [2.05, 4.69) is 0 Å². The Hall–Kier alpha value is -2.55. The highest BCUT2D eigenvalue weighted by atomic mass is 32.2. The number of nitro groups is 1. The van der Waals surface area contributed by atoms with Crippen LogP contribution in [0, 0.1) is 17.0 Å². The summed E-state index contributed by atoms with van der Waals surface area (Å²) in [6.07, 6.45) is 0. The zero-order valence-electron chi connectivity index (χ0n) is 14.9. The highest BCUT2D eigenvalue weighted by molar-refractivity contribution is 7.99. The van der Waals surface area contributed by atoms with Gasteiger partial charge in [-0.3, -0.25) is 19.7 Å². The van der Waals surface area contributed by atoms with Gasteiger partial charge in [0, 0.05) is 17.2 Å². The molecule has 1 N–H and O–H groups in total. The second-order valence-electron chi connectivity index (χ2n) is 6.88. The van der Waals surface area contributed by atoms with Gasteiger partial charge in [0.25, 0.3) is 11.2 Å². The molecular weight excluding hydrogens is 360 g/mol. The van der Waals surface area contributed by atoms with Crippen molar-refractivity contribution in [3.05, 3.63) is 55.6 Å². The Morgan fingerprint density at radius 1 is 1.38 bits per heavy atom. The summed E-state index contributed by atoms with van der Waals surface area (Å²) < 4.78 is 6.65. The molecule has 0 aliphatic heterocycles. The molecule has 0 bridgehead atoms. The summed E-state index contributed by atoms with van der Waals surface area (Å²) in [5, 5.41) is 20.2. The van der Waals surface area contributed by atoms with Crippen LogP contribution in [-0.4, -0.2) is 26.5 Å². The molecule has 9 heteroatoms. The van der Waals surface area contributed by atoms with E-state index in [-0.39, 0.29) is 22.9 Å². The molecule has 1 aromatic heterocycles. The third-order valence-corrected chi connectivity index (χ3v) is 4.54. The van der Waals surface area contributed by atoms with Crippen molar-refractivity contribution in [2.24, 2.45) is 0 Å². The van der Waals surface area contributed by atoms with Gasteiger partial charge in [0.05, 0.1) is 16.2 Å². The molecule has 26 heavy (non-hydrogen) atoms. The van der Waals surface area contributed by atoms with Crippen LogP contribution in [0.25, 0.3) is 5.69 Å². The molecule has 0 amide bonds. The predicted molar refractivity (Wildman–Crippen MR) is 98.2 cm³/mol. The maximum atomic E-state index is 12.9. The summed E-state index contributed by atoms with van der Waals surface area (Å²) in [6.45, 7) is 7.27. The molecule has 1 heterocycles. The van der Waals surface area contributed by atoms with Crippen molar-refractivity contribution in [1.82, 2.24) is 4.74 Å². The zero-order valence-corrected chi connectivity index (χ0v) is 15.8. The molecule has 0 fully saturated rings. The molecule has 2 aromatic rings. The maximum absolute atomic E-state index is 12.9. The highest BCUT2D eigenvalue weighted by Crippen LogP contribution is 2.30. The van der Waals surface area contributed by atoms with Crippen LogP contribution >= 0.6 is 11.8 Å². The summed E-state index contributed by atoms with van der Waals surface area (Å²) >= 11 is 1.07. The Balaban J connectivity index is 2.62. The molecule has 0 saturated heterocycles. The van der Waals surface area contributed by atoms with E-state index >= 15 is 0 Å². The molecule has 1 aromatic carbocycles. The lowest BCUT2D eigenvalue weighted by atomic mass is 9.91. The summed E-state index contributed by atoms with van der Waals surface area (Å²) in [5.41, 5.74) is -0.216. The highest BCUT2D eigenvalue weighted by Gasteiger charge is 2.30. The van der Waals surface area contributed by atoms with E-state index in [1.165, 1.54) is 12.1 Å². The first kappa shape index (κ1) is 19.8. The first-order valence-corrected chi connectivity index (χ1v) is 8.98. The van der Waals surface area contributed by atoms with Crippen molar-refractivity contribution in [1.29, 1.82) is 0 Å². The van der Waals surface area contributed by atoms with E-state index in [9.17, 15) is 19.7 Å². The van der Waals surface area contributed by atoms with Crippen LogP contribution in [0.4, 0.5) is 5.69 Å². The van der Waals surface area contributed by atoms with Gasteiger partial charge in [-0.1, -0.05) is 26.8 Å². The largest absolute Gasteiger partial charge is 0.481 e. The average molecular weight is 380 g/mol. The fourth-order valence-corrected chi connectivity index (χ4v) is 3.21. The molecule has 0 atom stereocenters. The van der Waals surface area contributed by atoms with E-state index in [0.29, 0.717) is 16.9 Å². The monoisotopic (exact) mass is 380 g/mol. The van der Waals surface area contributed by atoms with Crippen LogP contribution in [0.1, 0.15) is 37.7 Å². The molecule has 8 nitrogen and oxygen atoms in total. The van der Waals surface area contributed by atoms with Crippen molar-refractivity contribution in [3.63, 3.8) is 0 Å². The molecule has 2 rings (SSSR count). The van der Waals surface area contributed by atoms with Gasteiger partial charge >= 0.3 is 5.97 Å². The number of nitro benzene ring substituents is 1. The zero-order chi connectivity index (χ0) is 19.6. The lowest BCUT2D eigenvalue weighted by molar-refractivity contribution is -0.384. The number of aliphatic carboxylic acids is 1. The number of nitrogens with zero attached hydrogens (tertiary/aromatic N) is 2. The summed E-state index contributed by atoms with van der Waals surface area (Å²) in [4.78, 5) is 34.4. The fourth-order valence-electron chi connectivity index (χ4n) is 2.47. The Labute approximate surface area is 153 Å². The van der Waals surface area contributed by atoms with Crippen LogP contribution in [0.5, 0.6) is 0 Å². The van der Waals surface area contributed by atoms with Crippen molar-refractivity contribution >= 4 is 23.4 Å². The second kappa shape index (κ2) is 7.36. The van der Waals surface area contributed by atoms with Crippen LogP contribution < -0.4 is 5.56 Å². The van der Waals surface area contributed by atoms with Gasteiger partial charge in [0.2, 0.25) is 0 Å². The number of rotatable bonds is 6. The summed E-state index contributed by atoms with van der Waals surface area (Å²) in [7, 11) is 0. The standard InChI is InChI=1S/C17H20N2O6S/c1-10-5-6-12(13(7-10)19(23)24)18-16(22)11(8-26-9-14(20)21)15(25-18)17(2,3)4/h5-7H,8-9H2,1-4H3,(H,20,21). The molecule has 0 aliphatic rings. The fraction of sp³-hybridized carbons (Fsp3) is 0.412. The molecule has 140 valence electrons. The molecule has 0 unspecified atom stereocenters. The van der Waals surface area contributed by atoms with Crippen LogP contribution in [0.2, 0.25) is 0 Å². The van der Waals surface area contributed by atoms with Gasteiger partial charge in [-0.05, 0) is 18.6 Å². The smallest absolute Gasteiger partial charge is 0.313 e. The maximum Gasteiger partial charge on any atom is 0.313 e. The predicted octanol–water partition coefficient (Wildman–Crippen LogP) is 3.26. The van der Waals surface area contributed by atoms with Crippen LogP contribution in [-0.2, 0) is 16.0 Å². The van der Waals surface area contributed by atoms with Gasteiger partial charge in [-0.15, -0.1) is 16.5 Å². The summed E-state index contributed by atoms with van der Waals surface area (Å²) in [5.74, 6) is -0.604. The van der Waals surface area contributed by atoms with Crippen molar-refractivity contribution in [2.45, 2.75) is 38.9 Å². The Morgan fingerprint density at radius 3 is 2.58 bits per heavy atom. The number of carboxylic acids is 1. The minimum atomic E-state index is -0.981. The van der Waals surface area contributed by atoms with Gasteiger partial charge in [0.15, 0.2) is 5.69 Å². The average Bonchev–Trinajstić information content (AvgIpc) is 2.84. The Bertz CT molecular complexity index is 907. The van der Waals surface area contributed by atoms with E-state index in [0.717, 1.165) is 16.5 Å². The Kier molecular flexibility index (Phi) is 5.60. The normalized spacial score (nSPS) is 11.5. The number of aromatic nitrogens is 1. The van der Waals surface area contributed by atoms with Gasteiger partial charge in [-0.25, -0.2) is 0 Å². The third kappa shape index (κ3) is 4.16. The lowest BCUT2D eigenvalue weighted by Crippen LogP contribution is -2.18. The molecular formula is C17H20N2O6S. The number of aryl methyl sites for hydroxylation is 1. The minimum absolute atomic E-state index is 0.0468. The molecule has 0 aliphatic carbocycles. The van der Waals surface area contributed by atoms with Crippen molar-refractivity contribution in [2.75, 3.05) is 5.75 Å². The second-order valence-corrected chi connectivity index (χ2v) is 7.87. The topological polar surface area (TPSA) is 116 Å². The van der Waals surface area contributed by atoms with Crippen LogP contribution in [0.3, 0.4) is 0 Å². The van der Waals surface area contributed by atoms with Gasteiger partial charge < -0.3 is 9.63 Å². The van der Waals surface area contributed by atoms with E-state index in [1.807, 2.05) is 20.8 Å². The number of benzene rings is 1. The molecule has 0 radical (unpaired) electrons. The Morgan fingerprint density at radius 2 is 2.04 bits per heavy atom. The number of carbonyl (C=O) groups is 1. The van der Waals surface area contributed by atoms with Gasteiger partial charge in [-0.2, -0.15) is 0 Å². The van der Waals surface area contributed by atoms with Crippen LogP contribution in [0.15, 0.2) is 27.5 Å². The number of thioether (sulfide) groups is 1. The number of carboxylic acid groups (broad SMARTS) is 1. The quantitative estimate of drug-likeness (QED) is 0.604. The first-order valence-electron chi connectivity index (χ1n) is 7.83. The van der Waals surface area contributed by atoms with E-state index in [4.69, 9.17) is 9.63 Å². The SMILES string of the molecule is Cc1ccc(-n2oc(C(C)(C)C)c(CSCC(=O)O)c2=O)c([N+](=O)[O-])c1. The molecule has 0 saturated carbocycles. The summed E-state index contributed by atoms with van der Waals surface area (Å²) in [6, 6.07) is 4.51. The van der Waals surface area contributed by atoms with Gasteiger partial charge in [0.1, 0.15) is 5.76 Å². The number of hydrogen-bond acceptors (Lipinski definition) is 6. The van der Waals surface area contributed by atoms with Crippen molar-refractivity contribution < 1.29 is 19.3 Å². The minimum Gasteiger partial charge on any atom is -0.481 e. The van der Waals surface area contributed by atoms with E-state index in [1.54, 1.807) is 13.0 Å². The van der Waals surface area contributed by atoms with E-state index < -0.39 is 21.9 Å². The first-order chi connectivity index (χ1) is 12.0. The number of hydrogen-bond donors (Lipinski definition) is 1.